The summed E-state index contributed by atoms with van der Waals surface area (Å²) in [5.41, 5.74) is 3.28. The third kappa shape index (κ3) is 4.28. The number of nitrogens with zero attached hydrogens (tertiary/aromatic N) is 1. The first kappa shape index (κ1) is 17.2. The first-order valence-corrected chi connectivity index (χ1v) is 9.01. The van der Waals surface area contributed by atoms with Crippen LogP contribution in [0.1, 0.15) is 54.9 Å². The van der Waals surface area contributed by atoms with Gasteiger partial charge in [-0.25, -0.2) is 4.79 Å². The molecule has 0 aromatic heterocycles. The summed E-state index contributed by atoms with van der Waals surface area (Å²) >= 11 is 0. The standard InChI is InChI=1S/C22H23NO2/c1-2-16-5-13-21(14-6-16)25-22(24)20-11-9-19(10-12-20)18-7-3-17(15-23)4-8-18/h3-4,7-12,16,21H,2,5-6,13-14H2,1H3. The van der Waals surface area contributed by atoms with Crippen LogP contribution in [-0.4, -0.2) is 12.1 Å². The van der Waals surface area contributed by atoms with E-state index in [2.05, 4.69) is 13.0 Å². The van der Waals surface area contributed by atoms with Crippen molar-refractivity contribution in [3.63, 3.8) is 0 Å². The molecule has 3 heteroatoms. The third-order valence-corrected chi connectivity index (χ3v) is 5.11. The summed E-state index contributed by atoms with van der Waals surface area (Å²) in [6.45, 7) is 2.23. The molecule has 0 bridgehead atoms. The van der Waals surface area contributed by atoms with E-state index in [-0.39, 0.29) is 12.1 Å². The Bertz CT molecular complexity index is 748. The number of benzene rings is 2. The second-order valence-electron chi connectivity index (χ2n) is 6.72. The van der Waals surface area contributed by atoms with Crippen LogP contribution >= 0.6 is 0 Å². The molecular formula is C22H23NO2. The molecule has 0 unspecified atom stereocenters. The number of esters is 1. The van der Waals surface area contributed by atoms with E-state index in [0.717, 1.165) is 42.7 Å². The normalized spacial score (nSPS) is 19.8. The highest BCUT2D eigenvalue weighted by atomic mass is 16.5. The molecule has 2 aromatic carbocycles. The van der Waals surface area contributed by atoms with Gasteiger partial charge in [0.1, 0.15) is 6.10 Å². The van der Waals surface area contributed by atoms with Gasteiger partial charge in [0.15, 0.2) is 0 Å². The van der Waals surface area contributed by atoms with Crippen molar-refractivity contribution in [3.05, 3.63) is 59.7 Å². The second-order valence-corrected chi connectivity index (χ2v) is 6.72. The van der Waals surface area contributed by atoms with Crippen molar-refractivity contribution >= 4 is 5.97 Å². The molecule has 1 fully saturated rings. The van der Waals surface area contributed by atoms with E-state index >= 15 is 0 Å². The molecule has 0 aliphatic heterocycles. The Hall–Kier alpha value is -2.60. The Morgan fingerprint density at radius 1 is 1.00 bits per heavy atom. The van der Waals surface area contributed by atoms with Gasteiger partial charge in [-0.15, -0.1) is 0 Å². The maximum Gasteiger partial charge on any atom is 0.338 e. The van der Waals surface area contributed by atoms with Gasteiger partial charge >= 0.3 is 5.97 Å². The maximum atomic E-state index is 12.3. The molecule has 3 rings (SSSR count). The molecule has 2 aromatic rings. The van der Waals surface area contributed by atoms with Gasteiger partial charge in [-0.05, 0) is 67.0 Å². The molecule has 0 atom stereocenters. The molecule has 1 aliphatic rings. The number of carbonyl (C=O) groups excluding carboxylic acids is 1. The van der Waals surface area contributed by atoms with E-state index in [9.17, 15) is 4.79 Å². The zero-order valence-electron chi connectivity index (χ0n) is 14.6. The number of carbonyl (C=O) groups is 1. The highest BCUT2D eigenvalue weighted by Gasteiger charge is 2.23. The van der Waals surface area contributed by atoms with Crippen molar-refractivity contribution in [2.24, 2.45) is 5.92 Å². The summed E-state index contributed by atoms with van der Waals surface area (Å²) in [5, 5.41) is 8.86. The highest BCUT2D eigenvalue weighted by molar-refractivity contribution is 5.90. The average Bonchev–Trinajstić information content (AvgIpc) is 2.69. The number of rotatable bonds is 4. The van der Waals surface area contributed by atoms with Gasteiger partial charge in [0, 0.05) is 0 Å². The molecule has 1 aliphatic carbocycles. The van der Waals surface area contributed by atoms with Crippen LogP contribution in [-0.2, 0) is 4.74 Å². The number of hydrogen-bond donors (Lipinski definition) is 0. The van der Waals surface area contributed by atoms with E-state index in [1.165, 1.54) is 6.42 Å². The number of hydrogen-bond acceptors (Lipinski definition) is 3. The summed E-state index contributed by atoms with van der Waals surface area (Å²) < 4.78 is 5.67. The van der Waals surface area contributed by atoms with Crippen molar-refractivity contribution in [1.82, 2.24) is 0 Å². The van der Waals surface area contributed by atoms with Crippen molar-refractivity contribution in [3.8, 4) is 17.2 Å². The van der Waals surface area contributed by atoms with Crippen LogP contribution in [0.25, 0.3) is 11.1 Å². The lowest BCUT2D eigenvalue weighted by Gasteiger charge is -2.27. The molecule has 1 saturated carbocycles. The van der Waals surface area contributed by atoms with Crippen molar-refractivity contribution in [1.29, 1.82) is 5.26 Å². The Kier molecular flexibility index (Phi) is 5.50. The molecule has 0 radical (unpaired) electrons. The molecule has 0 spiro atoms. The Balaban J connectivity index is 1.61. The van der Waals surface area contributed by atoms with Crippen LogP contribution in [0.2, 0.25) is 0 Å². The lowest BCUT2D eigenvalue weighted by Crippen LogP contribution is -2.24. The minimum absolute atomic E-state index is 0.0634. The summed E-state index contributed by atoms with van der Waals surface area (Å²) in [7, 11) is 0. The van der Waals surface area contributed by atoms with Crippen LogP contribution in [0.15, 0.2) is 48.5 Å². The molecule has 0 amide bonds. The highest BCUT2D eigenvalue weighted by Crippen LogP contribution is 2.29. The summed E-state index contributed by atoms with van der Waals surface area (Å²) in [6, 6.07) is 17.0. The zero-order valence-corrected chi connectivity index (χ0v) is 14.6. The average molecular weight is 333 g/mol. The molecule has 25 heavy (non-hydrogen) atoms. The fourth-order valence-electron chi connectivity index (χ4n) is 3.41. The Morgan fingerprint density at radius 2 is 1.56 bits per heavy atom. The van der Waals surface area contributed by atoms with Gasteiger partial charge in [0.05, 0.1) is 17.2 Å². The smallest absolute Gasteiger partial charge is 0.338 e. The minimum atomic E-state index is -0.230. The quantitative estimate of drug-likeness (QED) is 0.709. The largest absolute Gasteiger partial charge is 0.459 e. The molecular weight excluding hydrogens is 310 g/mol. The second kappa shape index (κ2) is 7.98. The van der Waals surface area contributed by atoms with Crippen LogP contribution in [0.4, 0.5) is 0 Å². The van der Waals surface area contributed by atoms with Crippen LogP contribution < -0.4 is 0 Å². The lowest BCUT2D eigenvalue weighted by molar-refractivity contribution is 0.0164. The predicted octanol–water partition coefficient (Wildman–Crippen LogP) is 5.35. The van der Waals surface area contributed by atoms with E-state index < -0.39 is 0 Å². The van der Waals surface area contributed by atoms with E-state index in [1.807, 2.05) is 36.4 Å². The number of nitriles is 1. The van der Waals surface area contributed by atoms with Crippen LogP contribution in [0.3, 0.4) is 0 Å². The van der Waals surface area contributed by atoms with E-state index in [1.54, 1.807) is 12.1 Å². The van der Waals surface area contributed by atoms with Gasteiger partial charge in [-0.3, -0.25) is 0 Å². The van der Waals surface area contributed by atoms with Crippen LogP contribution in [0.5, 0.6) is 0 Å². The lowest BCUT2D eigenvalue weighted by atomic mass is 9.86. The molecule has 0 saturated heterocycles. The summed E-state index contributed by atoms with van der Waals surface area (Å²) in [6.07, 6.45) is 5.56. The first-order chi connectivity index (χ1) is 12.2. The molecule has 0 heterocycles. The van der Waals surface area contributed by atoms with Gasteiger partial charge in [0.2, 0.25) is 0 Å². The minimum Gasteiger partial charge on any atom is -0.459 e. The zero-order chi connectivity index (χ0) is 17.6. The third-order valence-electron chi connectivity index (χ3n) is 5.11. The molecule has 0 N–H and O–H groups in total. The van der Waals surface area contributed by atoms with Gasteiger partial charge < -0.3 is 4.74 Å². The number of ether oxygens (including phenoxy) is 1. The fraction of sp³-hybridized carbons (Fsp3) is 0.364. The van der Waals surface area contributed by atoms with E-state index in [0.29, 0.717) is 11.1 Å². The van der Waals surface area contributed by atoms with Crippen molar-refractivity contribution in [2.75, 3.05) is 0 Å². The monoisotopic (exact) mass is 333 g/mol. The predicted molar refractivity (Wildman–Crippen MR) is 98.0 cm³/mol. The Morgan fingerprint density at radius 3 is 2.08 bits per heavy atom. The SMILES string of the molecule is CCC1CCC(OC(=O)c2ccc(-c3ccc(C#N)cc3)cc2)CC1. The first-order valence-electron chi connectivity index (χ1n) is 9.01. The van der Waals surface area contributed by atoms with Crippen molar-refractivity contribution < 1.29 is 9.53 Å². The summed E-state index contributed by atoms with van der Waals surface area (Å²) in [5.74, 6) is 0.563. The molecule has 3 nitrogen and oxygen atoms in total. The van der Waals surface area contributed by atoms with E-state index in [4.69, 9.17) is 10.00 Å². The maximum absolute atomic E-state index is 12.3. The topological polar surface area (TPSA) is 50.1 Å². The van der Waals surface area contributed by atoms with Gasteiger partial charge in [-0.2, -0.15) is 5.26 Å². The van der Waals surface area contributed by atoms with Crippen LogP contribution in [0, 0.1) is 17.2 Å². The van der Waals surface area contributed by atoms with Gasteiger partial charge in [0.25, 0.3) is 0 Å². The molecule has 128 valence electrons. The Labute approximate surface area is 149 Å². The summed E-state index contributed by atoms with van der Waals surface area (Å²) in [4.78, 5) is 12.3. The fourth-order valence-corrected chi connectivity index (χ4v) is 3.41. The van der Waals surface area contributed by atoms with Crippen molar-refractivity contribution in [2.45, 2.75) is 45.1 Å². The van der Waals surface area contributed by atoms with Gasteiger partial charge in [-0.1, -0.05) is 37.6 Å².